The fourth-order valence-corrected chi connectivity index (χ4v) is 2.09. The van der Waals surface area contributed by atoms with E-state index in [0.717, 1.165) is 10.2 Å². The number of ether oxygens (including phenoxy) is 1. The second-order valence-corrected chi connectivity index (χ2v) is 5.98. The predicted molar refractivity (Wildman–Crippen MR) is 88.8 cm³/mol. The van der Waals surface area contributed by atoms with Gasteiger partial charge in [-0.25, -0.2) is 0 Å². The number of rotatable bonds is 5. The molecule has 0 aliphatic carbocycles. The summed E-state index contributed by atoms with van der Waals surface area (Å²) >= 11 is 3.35. The zero-order chi connectivity index (χ0) is 15.2. The monoisotopic (exact) mass is 347 g/mol. The minimum Gasteiger partial charge on any atom is -0.484 e. The summed E-state index contributed by atoms with van der Waals surface area (Å²) < 4.78 is 6.40. The molecule has 0 bridgehead atoms. The van der Waals surface area contributed by atoms with E-state index in [0.29, 0.717) is 11.7 Å². The van der Waals surface area contributed by atoms with E-state index in [4.69, 9.17) is 4.74 Å². The zero-order valence-corrected chi connectivity index (χ0v) is 13.7. The summed E-state index contributed by atoms with van der Waals surface area (Å²) in [6, 6.07) is 15.2. The van der Waals surface area contributed by atoms with Gasteiger partial charge >= 0.3 is 0 Å². The first-order valence-corrected chi connectivity index (χ1v) is 7.62. The number of hydrogen-bond acceptors (Lipinski definition) is 2. The van der Waals surface area contributed by atoms with Crippen LogP contribution in [-0.2, 0) is 4.79 Å². The standard InChI is InChI=1S/C17H18BrNO2/c1-12(2)13-3-7-15(8-4-13)19-17(20)11-21-16-9-5-14(18)6-10-16/h3-10,12H,11H2,1-2H3,(H,19,20). The maximum atomic E-state index is 11.8. The van der Waals surface area contributed by atoms with E-state index in [1.807, 2.05) is 48.5 Å². The average Bonchev–Trinajstić information content (AvgIpc) is 2.47. The maximum absolute atomic E-state index is 11.8. The molecule has 21 heavy (non-hydrogen) atoms. The van der Waals surface area contributed by atoms with Crippen molar-refractivity contribution in [3.63, 3.8) is 0 Å². The van der Waals surface area contributed by atoms with Crippen molar-refractivity contribution in [3.8, 4) is 5.75 Å². The van der Waals surface area contributed by atoms with Gasteiger partial charge in [-0.3, -0.25) is 4.79 Å². The lowest BCUT2D eigenvalue weighted by Gasteiger charge is -2.09. The van der Waals surface area contributed by atoms with Crippen LogP contribution in [0.15, 0.2) is 53.0 Å². The van der Waals surface area contributed by atoms with Crippen LogP contribution in [0.25, 0.3) is 0 Å². The summed E-state index contributed by atoms with van der Waals surface area (Å²) in [5, 5.41) is 2.82. The Balaban J connectivity index is 1.85. The molecule has 0 heterocycles. The van der Waals surface area contributed by atoms with E-state index in [1.54, 1.807) is 0 Å². The third-order valence-electron chi connectivity index (χ3n) is 3.04. The lowest BCUT2D eigenvalue weighted by molar-refractivity contribution is -0.118. The van der Waals surface area contributed by atoms with Crippen molar-refractivity contribution in [2.45, 2.75) is 19.8 Å². The number of halogens is 1. The first-order chi connectivity index (χ1) is 10.0. The van der Waals surface area contributed by atoms with Gasteiger partial charge in [0.05, 0.1) is 0 Å². The molecule has 0 fully saturated rings. The molecule has 0 saturated carbocycles. The van der Waals surface area contributed by atoms with Crippen LogP contribution in [0.3, 0.4) is 0 Å². The number of benzene rings is 2. The third-order valence-corrected chi connectivity index (χ3v) is 3.57. The summed E-state index contributed by atoms with van der Waals surface area (Å²) in [5.41, 5.74) is 2.03. The van der Waals surface area contributed by atoms with Crippen LogP contribution in [-0.4, -0.2) is 12.5 Å². The Morgan fingerprint density at radius 2 is 1.71 bits per heavy atom. The first kappa shape index (κ1) is 15.6. The van der Waals surface area contributed by atoms with Crippen molar-refractivity contribution < 1.29 is 9.53 Å². The number of anilines is 1. The molecule has 0 atom stereocenters. The van der Waals surface area contributed by atoms with Gasteiger partial charge in [0.25, 0.3) is 5.91 Å². The lowest BCUT2D eigenvalue weighted by atomic mass is 10.0. The van der Waals surface area contributed by atoms with Crippen molar-refractivity contribution in [2.24, 2.45) is 0 Å². The summed E-state index contributed by atoms with van der Waals surface area (Å²) in [6.45, 7) is 4.27. The third kappa shape index (κ3) is 4.90. The van der Waals surface area contributed by atoms with E-state index in [1.165, 1.54) is 5.56 Å². The topological polar surface area (TPSA) is 38.3 Å². The number of nitrogens with one attached hydrogen (secondary N) is 1. The van der Waals surface area contributed by atoms with Gasteiger partial charge in [-0.1, -0.05) is 41.9 Å². The van der Waals surface area contributed by atoms with Gasteiger partial charge in [-0.15, -0.1) is 0 Å². The summed E-state index contributed by atoms with van der Waals surface area (Å²) in [6.07, 6.45) is 0. The van der Waals surface area contributed by atoms with Gasteiger partial charge < -0.3 is 10.1 Å². The normalized spacial score (nSPS) is 10.5. The molecule has 1 amide bonds. The molecular weight excluding hydrogens is 330 g/mol. The smallest absolute Gasteiger partial charge is 0.262 e. The summed E-state index contributed by atoms with van der Waals surface area (Å²) in [7, 11) is 0. The molecule has 2 rings (SSSR count). The van der Waals surface area contributed by atoms with Crippen molar-refractivity contribution in [2.75, 3.05) is 11.9 Å². The molecule has 0 unspecified atom stereocenters. The summed E-state index contributed by atoms with van der Waals surface area (Å²) in [5.74, 6) is 0.981. The van der Waals surface area contributed by atoms with E-state index in [-0.39, 0.29) is 12.5 Å². The van der Waals surface area contributed by atoms with E-state index >= 15 is 0 Å². The van der Waals surface area contributed by atoms with Crippen LogP contribution in [0.4, 0.5) is 5.69 Å². The molecular formula is C17H18BrNO2. The van der Waals surface area contributed by atoms with Crippen LogP contribution in [0.1, 0.15) is 25.3 Å². The number of carbonyl (C=O) groups excluding carboxylic acids is 1. The van der Waals surface area contributed by atoms with Gasteiger partial charge in [0.1, 0.15) is 5.75 Å². The highest BCUT2D eigenvalue weighted by atomic mass is 79.9. The molecule has 0 aromatic heterocycles. The van der Waals surface area contributed by atoms with Crippen molar-refractivity contribution in [3.05, 3.63) is 58.6 Å². The lowest BCUT2D eigenvalue weighted by Crippen LogP contribution is -2.20. The van der Waals surface area contributed by atoms with Crippen LogP contribution in [0.2, 0.25) is 0 Å². The fourth-order valence-electron chi connectivity index (χ4n) is 1.83. The van der Waals surface area contributed by atoms with Crippen LogP contribution >= 0.6 is 15.9 Å². The van der Waals surface area contributed by atoms with Crippen molar-refractivity contribution >= 4 is 27.5 Å². The van der Waals surface area contributed by atoms with Gasteiger partial charge in [0.15, 0.2) is 6.61 Å². The molecule has 3 nitrogen and oxygen atoms in total. The number of hydrogen-bond donors (Lipinski definition) is 1. The van der Waals surface area contributed by atoms with Crippen molar-refractivity contribution in [1.82, 2.24) is 0 Å². The van der Waals surface area contributed by atoms with Gasteiger partial charge in [-0.05, 0) is 47.9 Å². The van der Waals surface area contributed by atoms with E-state index in [9.17, 15) is 4.79 Å². The highest BCUT2D eigenvalue weighted by molar-refractivity contribution is 9.10. The summed E-state index contributed by atoms with van der Waals surface area (Å²) in [4.78, 5) is 11.8. The fraction of sp³-hybridized carbons (Fsp3) is 0.235. The predicted octanol–water partition coefficient (Wildman–Crippen LogP) is 4.59. The molecule has 0 radical (unpaired) electrons. The molecule has 0 spiro atoms. The Kier molecular flexibility index (Phi) is 5.39. The average molecular weight is 348 g/mol. The number of carbonyl (C=O) groups is 1. The molecule has 2 aromatic rings. The Labute approximate surface area is 133 Å². The number of amides is 1. The molecule has 0 aliphatic heterocycles. The SMILES string of the molecule is CC(C)c1ccc(NC(=O)COc2ccc(Br)cc2)cc1. The molecule has 0 saturated heterocycles. The minimum atomic E-state index is -0.171. The largest absolute Gasteiger partial charge is 0.484 e. The Bertz CT molecular complexity index is 591. The Morgan fingerprint density at radius 1 is 1.10 bits per heavy atom. The molecule has 4 heteroatoms. The second-order valence-electron chi connectivity index (χ2n) is 5.07. The highest BCUT2D eigenvalue weighted by Gasteiger charge is 2.05. The van der Waals surface area contributed by atoms with Gasteiger partial charge in [0.2, 0.25) is 0 Å². The quantitative estimate of drug-likeness (QED) is 0.858. The van der Waals surface area contributed by atoms with E-state index < -0.39 is 0 Å². The minimum absolute atomic E-state index is 0.00638. The molecule has 0 aliphatic rings. The van der Waals surface area contributed by atoms with Crippen LogP contribution < -0.4 is 10.1 Å². The van der Waals surface area contributed by atoms with Crippen LogP contribution in [0, 0.1) is 0 Å². The molecule has 110 valence electrons. The van der Waals surface area contributed by atoms with Crippen LogP contribution in [0.5, 0.6) is 5.75 Å². The van der Waals surface area contributed by atoms with Gasteiger partial charge in [-0.2, -0.15) is 0 Å². The zero-order valence-electron chi connectivity index (χ0n) is 12.1. The van der Waals surface area contributed by atoms with Crippen molar-refractivity contribution in [1.29, 1.82) is 0 Å². The van der Waals surface area contributed by atoms with E-state index in [2.05, 4.69) is 35.1 Å². The first-order valence-electron chi connectivity index (χ1n) is 6.83. The Morgan fingerprint density at radius 3 is 2.29 bits per heavy atom. The second kappa shape index (κ2) is 7.27. The highest BCUT2D eigenvalue weighted by Crippen LogP contribution is 2.18. The Hall–Kier alpha value is -1.81. The maximum Gasteiger partial charge on any atom is 0.262 e. The van der Waals surface area contributed by atoms with Gasteiger partial charge in [0, 0.05) is 10.2 Å². The molecule has 1 N–H and O–H groups in total. The molecule has 2 aromatic carbocycles.